The Morgan fingerprint density at radius 2 is 1.88 bits per heavy atom. The zero-order chi connectivity index (χ0) is 12.8. The van der Waals surface area contributed by atoms with E-state index < -0.39 is 0 Å². The molecule has 0 saturated carbocycles. The third kappa shape index (κ3) is 3.85. The van der Waals surface area contributed by atoms with Crippen molar-refractivity contribution in [2.45, 2.75) is 18.2 Å². The summed E-state index contributed by atoms with van der Waals surface area (Å²) in [5, 5.41) is 5.29. The summed E-state index contributed by atoms with van der Waals surface area (Å²) in [7, 11) is 1.58. The SMILES string of the molecule is CCC(Br)C(=O)Nc1ccc(C(=O)NC)cc1. The average molecular weight is 299 g/mol. The van der Waals surface area contributed by atoms with Gasteiger partial charge in [-0.05, 0) is 30.7 Å². The van der Waals surface area contributed by atoms with E-state index in [0.29, 0.717) is 11.3 Å². The van der Waals surface area contributed by atoms with Gasteiger partial charge >= 0.3 is 0 Å². The van der Waals surface area contributed by atoms with Crippen LogP contribution in [0.5, 0.6) is 0 Å². The number of carbonyl (C=O) groups is 2. The van der Waals surface area contributed by atoms with Gasteiger partial charge < -0.3 is 10.6 Å². The minimum absolute atomic E-state index is 0.0832. The molecule has 17 heavy (non-hydrogen) atoms. The van der Waals surface area contributed by atoms with Gasteiger partial charge in [0.15, 0.2) is 0 Å². The van der Waals surface area contributed by atoms with Crippen molar-refractivity contribution >= 4 is 33.4 Å². The molecular formula is C12H15BrN2O2. The highest BCUT2D eigenvalue weighted by atomic mass is 79.9. The number of carbonyl (C=O) groups excluding carboxylic acids is 2. The fourth-order valence-corrected chi connectivity index (χ4v) is 1.37. The predicted octanol–water partition coefficient (Wildman–Crippen LogP) is 2.16. The Labute approximate surface area is 109 Å². The minimum Gasteiger partial charge on any atom is -0.355 e. The van der Waals surface area contributed by atoms with Crippen molar-refractivity contribution in [3.8, 4) is 0 Å². The van der Waals surface area contributed by atoms with E-state index in [1.165, 1.54) is 0 Å². The molecule has 1 atom stereocenters. The van der Waals surface area contributed by atoms with Crippen molar-refractivity contribution in [1.29, 1.82) is 0 Å². The van der Waals surface area contributed by atoms with Gasteiger partial charge in [-0.3, -0.25) is 9.59 Å². The maximum Gasteiger partial charge on any atom is 0.251 e. The van der Waals surface area contributed by atoms with Crippen LogP contribution in [0.2, 0.25) is 0 Å². The van der Waals surface area contributed by atoms with E-state index in [9.17, 15) is 9.59 Å². The van der Waals surface area contributed by atoms with Gasteiger partial charge in [0.05, 0.1) is 4.83 Å². The van der Waals surface area contributed by atoms with E-state index >= 15 is 0 Å². The summed E-state index contributed by atoms with van der Waals surface area (Å²) in [6, 6.07) is 6.75. The van der Waals surface area contributed by atoms with E-state index in [1.807, 2.05) is 6.92 Å². The lowest BCUT2D eigenvalue weighted by atomic mass is 10.2. The second-order valence-electron chi connectivity index (χ2n) is 3.52. The molecule has 0 heterocycles. The maximum atomic E-state index is 11.6. The fourth-order valence-electron chi connectivity index (χ4n) is 1.26. The lowest BCUT2D eigenvalue weighted by Gasteiger charge is -2.09. The van der Waals surface area contributed by atoms with Gasteiger partial charge in [0.1, 0.15) is 0 Å². The Morgan fingerprint density at radius 1 is 1.29 bits per heavy atom. The summed E-state index contributed by atoms with van der Waals surface area (Å²) in [6.07, 6.45) is 0.724. The molecule has 0 saturated heterocycles. The number of rotatable bonds is 4. The summed E-state index contributed by atoms with van der Waals surface area (Å²) >= 11 is 3.27. The summed E-state index contributed by atoms with van der Waals surface area (Å²) in [4.78, 5) is 22.7. The number of halogens is 1. The molecule has 0 fully saturated rings. The topological polar surface area (TPSA) is 58.2 Å². The highest BCUT2D eigenvalue weighted by Crippen LogP contribution is 2.12. The fraction of sp³-hybridized carbons (Fsp3) is 0.333. The molecular weight excluding hydrogens is 284 g/mol. The molecule has 1 unspecified atom stereocenters. The maximum absolute atomic E-state index is 11.6. The van der Waals surface area contributed by atoms with Crippen molar-refractivity contribution < 1.29 is 9.59 Å². The van der Waals surface area contributed by atoms with E-state index in [4.69, 9.17) is 0 Å². The molecule has 4 nitrogen and oxygen atoms in total. The van der Waals surface area contributed by atoms with Gasteiger partial charge in [-0.2, -0.15) is 0 Å². The van der Waals surface area contributed by atoms with E-state index in [-0.39, 0.29) is 16.6 Å². The van der Waals surface area contributed by atoms with Crippen LogP contribution in [-0.2, 0) is 4.79 Å². The Balaban J connectivity index is 2.69. The zero-order valence-corrected chi connectivity index (χ0v) is 11.4. The third-order valence-electron chi connectivity index (χ3n) is 2.28. The second-order valence-corrected chi connectivity index (χ2v) is 4.63. The van der Waals surface area contributed by atoms with Gasteiger partial charge in [-0.25, -0.2) is 0 Å². The molecule has 0 bridgehead atoms. The van der Waals surface area contributed by atoms with Gasteiger partial charge in [0, 0.05) is 18.3 Å². The molecule has 0 aliphatic carbocycles. The van der Waals surface area contributed by atoms with Crippen molar-refractivity contribution in [2.24, 2.45) is 0 Å². The van der Waals surface area contributed by atoms with Crippen molar-refractivity contribution in [1.82, 2.24) is 5.32 Å². The van der Waals surface area contributed by atoms with Crippen molar-refractivity contribution in [3.63, 3.8) is 0 Å². The first-order valence-corrected chi connectivity index (χ1v) is 6.27. The molecule has 1 rings (SSSR count). The Morgan fingerprint density at radius 3 is 2.35 bits per heavy atom. The molecule has 1 aromatic carbocycles. The monoisotopic (exact) mass is 298 g/mol. The van der Waals surface area contributed by atoms with E-state index in [0.717, 1.165) is 6.42 Å². The highest BCUT2D eigenvalue weighted by Gasteiger charge is 2.12. The Hall–Kier alpha value is -1.36. The first-order chi connectivity index (χ1) is 8.08. The van der Waals surface area contributed by atoms with Crippen LogP contribution < -0.4 is 10.6 Å². The third-order valence-corrected chi connectivity index (χ3v) is 3.35. The number of hydrogen-bond acceptors (Lipinski definition) is 2. The molecule has 5 heteroatoms. The molecule has 0 spiro atoms. The summed E-state index contributed by atoms with van der Waals surface area (Å²) in [6.45, 7) is 1.92. The van der Waals surface area contributed by atoms with Gasteiger partial charge in [0.25, 0.3) is 5.91 Å². The van der Waals surface area contributed by atoms with E-state index in [2.05, 4.69) is 26.6 Å². The number of nitrogens with one attached hydrogen (secondary N) is 2. The largest absolute Gasteiger partial charge is 0.355 e. The van der Waals surface area contributed by atoms with E-state index in [1.54, 1.807) is 31.3 Å². The number of amides is 2. The van der Waals surface area contributed by atoms with Crippen molar-refractivity contribution in [2.75, 3.05) is 12.4 Å². The number of anilines is 1. The molecule has 92 valence electrons. The zero-order valence-electron chi connectivity index (χ0n) is 9.79. The number of alkyl halides is 1. The molecule has 0 aliphatic rings. The normalized spacial score (nSPS) is 11.7. The predicted molar refractivity (Wildman–Crippen MR) is 71.5 cm³/mol. The Bertz CT molecular complexity index is 403. The van der Waals surface area contributed by atoms with Crippen LogP contribution in [0.15, 0.2) is 24.3 Å². The van der Waals surface area contributed by atoms with Crippen LogP contribution in [0.3, 0.4) is 0 Å². The van der Waals surface area contributed by atoms with Crippen LogP contribution in [0.4, 0.5) is 5.69 Å². The summed E-state index contributed by atoms with van der Waals surface area (Å²) < 4.78 is 0. The molecule has 0 aliphatic heterocycles. The van der Waals surface area contributed by atoms with Crippen LogP contribution in [0.25, 0.3) is 0 Å². The minimum atomic E-state index is -0.193. The molecule has 2 amide bonds. The van der Waals surface area contributed by atoms with Gasteiger partial charge in [-0.1, -0.05) is 22.9 Å². The van der Waals surface area contributed by atoms with Crippen LogP contribution in [0.1, 0.15) is 23.7 Å². The summed E-state index contributed by atoms with van der Waals surface area (Å²) in [5.74, 6) is -0.227. The standard InChI is InChI=1S/C12H15BrN2O2/c1-3-10(13)12(17)15-9-6-4-8(5-7-9)11(16)14-2/h4-7,10H,3H2,1-2H3,(H,14,16)(H,15,17). The molecule has 0 aromatic heterocycles. The first kappa shape index (κ1) is 13.7. The lowest BCUT2D eigenvalue weighted by molar-refractivity contribution is -0.115. The van der Waals surface area contributed by atoms with Gasteiger partial charge in [-0.15, -0.1) is 0 Å². The molecule has 0 radical (unpaired) electrons. The van der Waals surface area contributed by atoms with Crippen LogP contribution >= 0.6 is 15.9 Å². The van der Waals surface area contributed by atoms with Crippen LogP contribution in [0, 0.1) is 0 Å². The smallest absolute Gasteiger partial charge is 0.251 e. The molecule has 2 N–H and O–H groups in total. The first-order valence-electron chi connectivity index (χ1n) is 5.35. The average Bonchev–Trinajstić information content (AvgIpc) is 2.37. The van der Waals surface area contributed by atoms with Gasteiger partial charge in [0.2, 0.25) is 5.91 Å². The summed E-state index contributed by atoms with van der Waals surface area (Å²) in [5.41, 5.74) is 1.25. The lowest BCUT2D eigenvalue weighted by Crippen LogP contribution is -2.22. The quantitative estimate of drug-likeness (QED) is 0.837. The second kappa shape index (κ2) is 6.39. The van der Waals surface area contributed by atoms with Crippen LogP contribution in [-0.4, -0.2) is 23.7 Å². The van der Waals surface area contributed by atoms with Crippen molar-refractivity contribution in [3.05, 3.63) is 29.8 Å². The highest BCUT2D eigenvalue weighted by molar-refractivity contribution is 9.10. The number of hydrogen-bond donors (Lipinski definition) is 2. The molecule has 1 aromatic rings. The Kier molecular flexibility index (Phi) is 5.15. The number of benzene rings is 1.